The van der Waals surface area contributed by atoms with Gasteiger partial charge in [0.05, 0.1) is 77.2 Å². The molecule has 1 fully saturated rings. The van der Waals surface area contributed by atoms with E-state index in [-0.39, 0.29) is 32.3 Å². The van der Waals surface area contributed by atoms with E-state index >= 15 is 0 Å². The number of hydrogen-bond donors (Lipinski definition) is 4. The van der Waals surface area contributed by atoms with Gasteiger partial charge in [-0.1, -0.05) is 32.0 Å². The van der Waals surface area contributed by atoms with Gasteiger partial charge in [-0.05, 0) is 67.7 Å². The second-order valence-corrected chi connectivity index (χ2v) is 15.8. The predicted molar refractivity (Wildman–Crippen MR) is 216 cm³/mol. The van der Waals surface area contributed by atoms with Crippen LogP contribution >= 0.6 is 7.92 Å². The Kier molecular flexibility index (Phi) is 19.2. The molecule has 56 heavy (non-hydrogen) atoms. The third-order valence-corrected chi connectivity index (χ3v) is 10.2. The van der Waals surface area contributed by atoms with E-state index in [9.17, 15) is 22.8 Å². The summed E-state index contributed by atoms with van der Waals surface area (Å²) in [6.45, 7) is 11.0. The number of fused-ring (bicyclic) bond motifs is 1. The van der Waals surface area contributed by atoms with Crippen LogP contribution in [0.1, 0.15) is 25.5 Å². The smallest absolute Gasteiger partial charge is 0.382 e. The number of amides is 2. The van der Waals surface area contributed by atoms with Crippen LogP contribution in [-0.2, 0) is 35.1 Å². The van der Waals surface area contributed by atoms with Crippen LogP contribution in [0.3, 0.4) is 0 Å². The second kappa shape index (κ2) is 24.0. The second-order valence-electron chi connectivity index (χ2n) is 13.5. The quantitative estimate of drug-likeness (QED) is 0.0634. The molecule has 1 saturated heterocycles. The summed E-state index contributed by atoms with van der Waals surface area (Å²) >= 11 is 0. The summed E-state index contributed by atoms with van der Waals surface area (Å²) in [6.07, 6.45) is -2.84. The van der Waals surface area contributed by atoms with Crippen LogP contribution in [0.25, 0.3) is 10.9 Å². The molecule has 16 heteroatoms. The maximum Gasteiger partial charge on any atom is 0.406 e. The highest BCUT2D eigenvalue weighted by Gasteiger charge is 2.30. The number of piperidine rings is 1. The first kappa shape index (κ1) is 44.8. The number of aromatic nitrogens is 1. The van der Waals surface area contributed by atoms with Gasteiger partial charge >= 0.3 is 6.18 Å². The van der Waals surface area contributed by atoms with Gasteiger partial charge < -0.3 is 44.8 Å². The van der Waals surface area contributed by atoms with Gasteiger partial charge in [0.25, 0.3) is 0 Å². The summed E-state index contributed by atoms with van der Waals surface area (Å²) in [5, 5.41) is 14.3. The fourth-order valence-electron chi connectivity index (χ4n) is 6.06. The first-order valence-corrected chi connectivity index (χ1v) is 21.2. The molecule has 3 aromatic rings. The number of nitrogens with zero attached hydrogens (tertiary/aromatic N) is 2. The van der Waals surface area contributed by atoms with E-state index in [4.69, 9.17) is 18.9 Å². The highest BCUT2D eigenvalue weighted by Crippen LogP contribution is 2.31. The number of hydrogen-bond acceptors (Lipinski definition) is 9. The topological polar surface area (TPSA) is 127 Å². The van der Waals surface area contributed by atoms with E-state index in [2.05, 4.69) is 63.5 Å². The highest BCUT2D eigenvalue weighted by molar-refractivity contribution is 7.64. The molecule has 308 valence electrons. The molecule has 0 saturated carbocycles. The van der Waals surface area contributed by atoms with Crippen molar-refractivity contribution in [3.8, 4) is 11.8 Å². The molecule has 1 aliphatic heterocycles. The van der Waals surface area contributed by atoms with Crippen molar-refractivity contribution in [1.29, 1.82) is 0 Å². The van der Waals surface area contributed by atoms with Crippen LogP contribution in [0.5, 0.6) is 0 Å². The van der Waals surface area contributed by atoms with Crippen molar-refractivity contribution < 1.29 is 41.7 Å². The Morgan fingerprint density at radius 3 is 2.05 bits per heavy atom. The molecule has 0 atom stereocenters. The van der Waals surface area contributed by atoms with Crippen LogP contribution in [0.4, 0.5) is 24.5 Å². The number of alkyl halides is 3. The van der Waals surface area contributed by atoms with Crippen molar-refractivity contribution >= 4 is 47.3 Å². The van der Waals surface area contributed by atoms with Crippen LogP contribution in [0, 0.1) is 11.8 Å². The first-order chi connectivity index (χ1) is 27.0. The Balaban J connectivity index is 1.13. The Labute approximate surface area is 329 Å². The Morgan fingerprint density at radius 1 is 0.857 bits per heavy atom. The minimum Gasteiger partial charge on any atom is -0.382 e. The third-order valence-electron chi connectivity index (χ3n) is 8.88. The zero-order valence-electron chi connectivity index (χ0n) is 32.6. The maximum absolute atomic E-state index is 13.7. The molecule has 0 bridgehead atoms. The van der Waals surface area contributed by atoms with E-state index in [1.807, 2.05) is 18.2 Å². The van der Waals surface area contributed by atoms with Gasteiger partial charge in [0.2, 0.25) is 11.8 Å². The number of benzene rings is 2. The van der Waals surface area contributed by atoms with Gasteiger partial charge in [-0.25, -0.2) is 0 Å². The number of halogens is 3. The molecule has 1 aromatic heterocycles. The van der Waals surface area contributed by atoms with Crippen molar-refractivity contribution in [3.05, 3.63) is 54.2 Å². The number of carbonyl (C=O) groups is 2. The van der Waals surface area contributed by atoms with Gasteiger partial charge in [-0.2, -0.15) is 13.2 Å². The zero-order chi connectivity index (χ0) is 40.2. The third kappa shape index (κ3) is 16.7. The minimum atomic E-state index is -4.41. The zero-order valence-corrected chi connectivity index (χ0v) is 33.5. The summed E-state index contributed by atoms with van der Waals surface area (Å²) in [4.78, 5) is 25.4. The van der Waals surface area contributed by atoms with Crippen molar-refractivity contribution in [2.24, 2.45) is 0 Å². The lowest BCUT2D eigenvalue weighted by atomic mass is 10.0. The van der Waals surface area contributed by atoms with E-state index in [0.717, 1.165) is 24.2 Å². The van der Waals surface area contributed by atoms with Gasteiger partial charge in [-0.3, -0.25) is 14.5 Å². The van der Waals surface area contributed by atoms with E-state index in [0.29, 0.717) is 102 Å². The standard InChI is InChI=1S/C40H56F3N6O6P/c1-31(50)44-16-20-52-22-24-54-26-27-55-25-23-53-21-17-46-39(51)29-48-18-13-33(14-19-48)47-37-7-4-8-38-36(37)28-34(49(38)30-40(41,42)43)6-5-15-45-32-9-11-35(12-10-32)56(2)3/h4,7-12,28,33,45,47H,13-27,29-30H2,1-3H3,(H,44,50)(H,46,51). The average Bonchev–Trinajstić information content (AvgIpc) is 3.50. The molecular formula is C40H56F3N6O6P. The van der Waals surface area contributed by atoms with Crippen molar-refractivity contribution in [2.45, 2.75) is 38.5 Å². The molecule has 2 aromatic carbocycles. The lowest BCUT2D eigenvalue weighted by Crippen LogP contribution is -2.44. The molecule has 1 aliphatic rings. The molecule has 12 nitrogen and oxygen atoms in total. The van der Waals surface area contributed by atoms with Crippen molar-refractivity contribution in [3.63, 3.8) is 0 Å². The Bertz CT molecular complexity index is 1700. The number of anilines is 2. The largest absolute Gasteiger partial charge is 0.406 e. The van der Waals surface area contributed by atoms with Gasteiger partial charge in [-0.15, -0.1) is 0 Å². The monoisotopic (exact) mass is 804 g/mol. The summed E-state index contributed by atoms with van der Waals surface area (Å²) < 4.78 is 64.1. The minimum absolute atomic E-state index is 0.0724. The maximum atomic E-state index is 13.7. The van der Waals surface area contributed by atoms with E-state index in [1.165, 1.54) is 16.8 Å². The van der Waals surface area contributed by atoms with Gasteiger partial charge in [0.1, 0.15) is 6.54 Å². The van der Waals surface area contributed by atoms with Crippen molar-refractivity contribution in [2.75, 3.05) is 116 Å². The molecule has 0 radical (unpaired) electrons. The fourth-order valence-corrected chi connectivity index (χ4v) is 6.81. The SMILES string of the molecule is CC(=O)NCCOCCOCCOCCOCCNC(=O)CN1CCC(Nc2cccc3c2cc(C#CCNc2ccc(P(C)C)cc2)n3CC(F)(F)F)CC1. The molecule has 0 spiro atoms. The fraction of sp³-hybridized carbons (Fsp3) is 0.550. The van der Waals surface area contributed by atoms with Crippen LogP contribution in [0.15, 0.2) is 48.5 Å². The van der Waals surface area contributed by atoms with Crippen molar-refractivity contribution in [1.82, 2.24) is 20.1 Å². The average molecular weight is 805 g/mol. The Morgan fingerprint density at radius 2 is 1.46 bits per heavy atom. The summed E-state index contributed by atoms with van der Waals surface area (Å²) in [7, 11) is -0.190. The molecule has 2 amide bonds. The highest BCUT2D eigenvalue weighted by atomic mass is 31.1. The van der Waals surface area contributed by atoms with Crippen LogP contribution in [0.2, 0.25) is 0 Å². The normalized spacial score (nSPS) is 13.8. The van der Waals surface area contributed by atoms with E-state index in [1.54, 1.807) is 18.2 Å². The number of nitrogens with one attached hydrogen (secondary N) is 4. The lowest BCUT2D eigenvalue weighted by molar-refractivity contribution is -0.140. The molecule has 4 N–H and O–H groups in total. The first-order valence-electron chi connectivity index (χ1n) is 19.0. The van der Waals surface area contributed by atoms with Gasteiger partial charge in [0.15, 0.2) is 0 Å². The van der Waals surface area contributed by atoms with E-state index < -0.39 is 12.7 Å². The number of ether oxygens (including phenoxy) is 4. The predicted octanol–water partition coefficient (Wildman–Crippen LogP) is 4.23. The lowest BCUT2D eigenvalue weighted by Gasteiger charge is -2.32. The molecule has 4 rings (SSSR count). The summed E-state index contributed by atoms with van der Waals surface area (Å²) in [5.41, 5.74) is 2.46. The summed E-state index contributed by atoms with van der Waals surface area (Å²) in [6, 6.07) is 15.4. The Hall–Kier alpha value is -3.90. The van der Waals surface area contributed by atoms with Crippen LogP contribution < -0.4 is 26.6 Å². The van der Waals surface area contributed by atoms with Gasteiger partial charge in [0, 0.05) is 55.9 Å². The molecular weight excluding hydrogens is 748 g/mol. The van der Waals surface area contributed by atoms with Crippen LogP contribution in [-0.4, -0.2) is 139 Å². The molecule has 0 unspecified atom stereocenters. The molecule has 2 heterocycles. The number of likely N-dealkylation sites (tertiary alicyclic amines) is 1. The number of rotatable bonds is 23. The summed E-state index contributed by atoms with van der Waals surface area (Å²) in [5.74, 6) is 5.83. The number of carbonyl (C=O) groups excluding carboxylic acids is 2. The molecule has 0 aliphatic carbocycles.